The molecule has 1 aromatic carbocycles. The van der Waals surface area contributed by atoms with Gasteiger partial charge in [0.1, 0.15) is 4.92 Å². The van der Waals surface area contributed by atoms with Gasteiger partial charge in [0.2, 0.25) is 0 Å². The molecule has 0 aliphatic carbocycles. The summed E-state index contributed by atoms with van der Waals surface area (Å²) in [5, 5.41) is 14.2. The van der Waals surface area contributed by atoms with E-state index in [1.54, 1.807) is 0 Å². The molecule has 132 valence electrons. The number of carbonyl (C=O) groups excluding carboxylic acids is 1. The monoisotopic (exact) mass is 363 g/mol. The van der Waals surface area contributed by atoms with Crippen molar-refractivity contribution in [3.63, 3.8) is 0 Å². The second-order valence-corrected chi connectivity index (χ2v) is 6.48. The smallest absolute Gasteiger partial charge is 0.395 e. The Morgan fingerprint density at radius 1 is 1.24 bits per heavy atom. The van der Waals surface area contributed by atoms with Crippen molar-refractivity contribution < 1.29 is 14.1 Å². The molecule has 0 bridgehead atoms. The number of halogens is 1. The molecule has 1 fully saturated rings. The van der Waals surface area contributed by atoms with Crippen LogP contribution in [0.3, 0.4) is 0 Å². The van der Waals surface area contributed by atoms with Crippen molar-refractivity contribution >= 4 is 23.4 Å². The van der Waals surface area contributed by atoms with E-state index in [1.165, 1.54) is 17.7 Å². The van der Waals surface area contributed by atoms with E-state index in [4.69, 9.17) is 16.0 Å². The zero-order valence-electron chi connectivity index (χ0n) is 13.5. The lowest BCUT2D eigenvalue weighted by Gasteiger charge is -2.32. The molecule has 0 saturated carbocycles. The van der Waals surface area contributed by atoms with Crippen LogP contribution in [0, 0.1) is 10.1 Å². The van der Waals surface area contributed by atoms with Gasteiger partial charge in [-0.15, -0.1) is 0 Å². The summed E-state index contributed by atoms with van der Waals surface area (Å²) < 4.78 is 4.93. The first kappa shape index (κ1) is 17.4. The lowest BCUT2D eigenvalue weighted by Crippen LogP contribution is -2.44. The van der Waals surface area contributed by atoms with E-state index in [0.717, 1.165) is 37.5 Å². The van der Waals surface area contributed by atoms with Crippen LogP contribution < -0.4 is 5.32 Å². The van der Waals surface area contributed by atoms with Crippen molar-refractivity contribution in [3.05, 3.63) is 62.9 Å². The number of amides is 1. The average Bonchev–Trinajstić information content (AvgIpc) is 3.09. The molecule has 1 aromatic heterocycles. The third-order valence-electron chi connectivity index (χ3n) is 4.24. The van der Waals surface area contributed by atoms with Crippen LogP contribution in [0.5, 0.6) is 0 Å². The van der Waals surface area contributed by atoms with Crippen LogP contribution in [0.4, 0.5) is 5.88 Å². The van der Waals surface area contributed by atoms with E-state index >= 15 is 0 Å². The lowest BCUT2D eigenvalue weighted by atomic mass is 10.0. The molecule has 1 N–H and O–H groups in total. The molecule has 7 nitrogen and oxygen atoms in total. The summed E-state index contributed by atoms with van der Waals surface area (Å²) in [6, 6.07) is 10.3. The van der Waals surface area contributed by atoms with Gasteiger partial charge in [0, 0.05) is 30.7 Å². The molecule has 1 aliphatic heterocycles. The van der Waals surface area contributed by atoms with Crippen LogP contribution in [0.25, 0.3) is 0 Å². The van der Waals surface area contributed by atoms with Gasteiger partial charge in [-0.1, -0.05) is 23.7 Å². The molecule has 0 atom stereocenters. The van der Waals surface area contributed by atoms with E-state index in [0.29, 0.717) is 0 Å². The Hall–Kier alpha value is -2.38. The predicted molar refractivity (Wildman–Crippen MR) is 92.6 cm³/mol. The van der Waals surface area contributed by atoms with Gasteiger partial charge < -0.3 is 9.73 Å². The molecule has 8 heteroatoms. The molecule has 0 unspecified atom stereocenters. The number of benzene rings is 1. The number of rotatable bonds is 5. The number of hydrogen-bond acceptors (Lipinski definition) is 5. The second-order valence-electron chi connectivity index (χ2n) is 6.05. The van der Waals surface area contributed by atoms with Crippen molar-refractivity contribution in [2.75, 3.05) is 13.1 Å². The molecule has 2 heterocycles. The van der Waals surface area contributed by atoms with Crippen LogP contribution in [0.2, 0.25) is 5.02 Å². The van der Waals surface area contributed by atoms with E-state index in [1.807, 2.05) is 24.3 Å². The molecular weight excluding hydrogens is 346 g/mol. The van der Waals surface area contributed by atoms with Crippen molar-refractivity contribution in [2.24, 2.45) is 0 Å². The summed E-state index contributed by atoms with van der Waals surface area (Å²) in [6.07, 6.45) is 1.64. The Morgan fingerprint density at radius 3 is 2.52 bits per heavy atom. The Bertz CT molecular complexity index is 752. The molecule has 3 rings (SSSR count). The van der Waals surface area contributed by atoms with Crippen molar-refractivity contribution in [1.82, 2.24) is 10.2 Å². The maximum atomic E-state index is 12.1. The fourth-order valence-corrected chi connectivity index (χ4v) is 3.01. The molecule has 25 heavy (non-hydrogen) atoms. The Balaban J connectivity index is 1.47. The quantitative estimate of drug-likeness (QED) is 0.650. The van der Waals surface area contributed by atoms with Gasteiger partial charge >= 0.3 is 5.88 Å². The summed E-state index contributed by atoms with van der Waals surface area (Å²) in [6.45, 7) is 2.58. The average molecular weight is 364 g/mol. The fraction of sp³-hybridized carbons (Fsp3) is 0.353. The first-order valence-corrected chi connectivity index (χ1v) is 8.41. The molecule has 0 radical (unpaired) electrons. The molecule has 1 aliphatic rings. The molecule has 1 saturated heterocycles. The van der Waals surface area contributed by atoms with E-state index in [2.05, 4.69) is 10.2 Å². The summed E-state index contributed by atoms with van der Waals surface area (Å²) >= 11 is 5.89. The Kier molecular flexibility index (Phi) is 5.35. The molecule has 0 spiro atoms. The maximum Gasteiger partial charge on any atom is 0.433 e. The normalized spacial score (nSPS) is 15.9. The second kappa shape index (κ2) is 7.67. The minimum atomic E-state index is -0.661. The highest BCUT2D eigenvalue weighted by Gasteiger charge is 2.23. The highest BCUT2D eigenvalue weighted by Crippen LogP contribution is 2.18. The number of hydrogen-bond donors (Lipinski definition) is 1. The van der Waals surface area contributed by atoms with Crippen LogP contribution in [0.1, 0.15) is 29.0 Å². The number of nitrogens with zero attached hydrogens (tertiary/aromatic N) is 2. The molecule has 2 aromatic rings. The number of carbonyl (C=O) groups is 1. The predicted octanol–water partition coefficient (Wildman–Crippen LogP) is 3.24. The third kappa shape index (κ3) is 4.58. The van der Waals surface area contributed by atoms with E-state index in [-0.39, 0.29) is 11.8 Å². The first-order valence-electron chi connectivity index (χ1n) is 8.03. The largest absolute Gasteiger partial charge is 0.433 e. The number of likely N-dealkylation sites (tertiary alicyclic amines) is 1. The zero-order chi connectivity index (χ0) is 17.8. The van der Waals surface area contributed by atoms with Gasteiger partial charge in [-0.3, -0.25) is 19.8 Å². The summed E-state index contributed by atoms with van der Waals surface area (Å²) in [5.41, 5.74) is 1.20. The third-order valence-corrected chi connectivity index (χ3v) is 4.49. The van der Waals surface area contributed by atoms with Crippen LogP contribution in [0.15, 0.2) is 40.8 Å². The standard InChI is InChI=1S/C17H18ClN3O4/c18-13-3-1-12(2-4-13)11-20-9-7-14(8-10-20)19-17(22)15-5-6-16(25-15)21(23)24/h1-6,14H,7-11H2,(H,19,22). The fourth-order valence-electron chi connectivity index (χ4n) is 2.89. The SMILES string of the molecule is O=C(NC1CCN(Cc2ccc(Cl)cc2)CC1)c1ccc([N+](=O)[O-])o1. The van der Waals surface area contributed by atoms with E-state index < -0.39 is 16.7 Å². The van der Waals surface area contributed by atoms with Crippen LogP contribution in [-0.2, 0) is 6.54 Å². The number of furan rings is 1. The van der Waals surface area contributed by atoms with Crippen molar-refractivity contribution in [1.29, 1.82) is 0 Å². The first-order chi connectivity index (χ1) is 12.0. The van der Waals surface area contributed by atoms with Gasteiger partial charge in [-0.25, -0.2) is 0 Å². The number of piperidine rings is 1. The molecule has 1 amide bonds. The highest BCUT2D eigenvalue weighted by molar-refractivity contribution is 6.30. The zero-order valence-corrected chi connectivity index (χ0v) is 14.2. The van der Waals surface area contributed by atoms with Gasteiger partial charge in [-0.2, -0.15) is 0 Å². The Morgan fingerprint density at radius 2 is 1.92 bits per heavy atom. The van der Waals surface area contributed by atoms with Crippen LogP contribution in [-0.4, -0.2) is 34.9 Å². The van der Waals surface area contributed by atoms with E-state index in [9.17, 15) is 14.9 Å². The van der Waals surface area contributed by atoms with Crippen molar-refractivity contribution in [2.45, 2.75) is 25.4 Å². The maximum absolute atomic E-state index is 12.1. The van der Waals surface area contributed by atoms with Gasteiger partial charge in [0.15, 0.2) is 5.76 Å². The van der Waals surface area contributed by atoms with Crippen LogP contribution >= 0.6 is 11.6 Å². The summed E-state index contributed by atoms with van der Waals surface area (Å²) in [4.78, 5) is 24.4. The van der Waals surface area contributed by atoms with Crippen molar-refractivity contribution in [3.8, 4) is 0 Å². The number of nitro groups is 1. The van der Waals surface area contributed by atoms with Gasteiger partial charge in [0.05, 0.1) is 6.07 Å². The highest BCUT2D eigenvalue weighted by atomic mass is 35.5. The minimum Gasteiger partial charge on any atom is -0.395 e. The summed E-state index contributed by atoms with van der Waals surface area (Å²) in [7, 11) is 0. The topological polar surface area (TPSA) is 88.6 Å². The van der Waals surface area contributed by atoms with Gasteiger partial charge in [-0.05, 0) is 36.6 Å². The molecular formula is C17H18ClN3O4. The van der Waals surface area contributed by atoms with Gasteiger partial charge in [0.25, 0.3) is 5.91 Å². The minimum absolute atomic E-state index is 0.0321. The number of nitrogens with one attached hydrogen (secondary N) is 1. The lowest BCUT2D eigenvalue weighted by molar-refractivity contribution is -0.402. The Labute approximate surface area is 149 Å². The summed E-state index contributed by atoms with van der Waals surface area (Å²) in [5.74, 6) is -0.873.